The minimum absolute atomic E-state index is 0.102. The Morgan fingerprint density at radius 2 is 1.77 bits per heavy atom. The van der Waals surface area contributed by atoms with Crippen LogP contribution in [-0.2, 0) is 13.2 Å². The van der Waals surface area contributed by atoms with E-state index in [0.29, 0.717) is 37.9 Å². The molecule has 216 valence electrons. The Morgan fingerprint density at radius 1 is 1.02 bits per heavy atom. The average molecular weight is 658 g/mol. The Morgan fingerprint density at radius 3 is 2.49 bits per heavy atom. The summed E-state index contributed by atoms with van der Waals surface area (Å²) in [4.78, 5) is 12.5. The van der Waals surface area contributed by atoms with Crippen LogP contribution in [0.15, 0.2) is 98.9 Å². The topological polar surface area (TPSA) is 102 Å². The highest BCUT2D eigenvalue weighted by molar-refractivity contribution is 9.10. The number of hydrazone groups is 1. The number of ether oxygens (including phenoxy) is 2. The van der Waals surface area contributed by atoms with E-state index in [4.69, 9.17) is 25.5 Å². The van der Waals surface area contributed by atoms with Crippen molar-refractivity contribution < 1.29 is 18.7 Å². The molecule has 2 aromatic heterocycles. The number of amides is 1. The molecule has 0 unspecified atom stereocenters. The van der Waals surface area contributed by atoms with Crippen molar-refractivity contribution in [2.24, 2.45) is 5.10 Å². The highest BCUT2D eigenvalue weighted by atomic mass is 79.9. The summed E-state index contributed by atoms with van der Waals surface area (Å²) < 4.78 is 20.1. The smallest absolute Gasteiger partial charge is 0.307 e. The number of aromatic nitrogens is 1. The van der Waals surface area contributed by atoms with E-state index in [1.165, 1.54) is 6.21 Å². The second-order valence-corrected chi connectivity index (χ2v) is 10.8. The number of carbonyl (C=O) groups excluding carboxylic acids is 1. The molecule has 43 heavy (non-hydrogen) atoms. The maximum Gasteiger partial charge on any atom is 0.307 e. The van der Waals surface area contributed by atoms with E-state index in [2.05, 4.69) is 63.1 Å². The van der Waals surface area contributed by atoms with Gasteiger partial charge < -0.3 is 18.5 Å². The normalized spacial score (nSPS) is 11.0. The fourth-order valence-corrected chi connectivity index (χ4v) is 5.41. The highest BCUT2D eigenvalue weighted by Gasteiger charge is 2.13. The summed E-state index contributed by atoms with van der Waals surface area (Å²) >= 11 is 9.90. The molecule has 0 aliphatic carbocycles. The van der Waals surface area contributed by atoms with Crippen molar-refractivity contribution in [2.75, 3.05) is 0 Å². The molecule has 1 N–H and O–H groups in total. The Hall–Kier alpha value is -4.78. The number of benzene rings is 3. The zero-order valence-corrected chi connectivity index (χ0v) is 25.6. The number of hydrogen-bond acceptors (Lipinski definition) is 6. The Kier molecular flexibility index (Phi) is 9.30. The molecule has 2 heterocycles. The SMILES string of the molecule is Cc1ccc(C)n1-c1ccc(OCc2ccc(C(=O)N/N=C/c3cc(Cl)c(OCc4ccccc4C#N)c(Br)c3)o2)cc1. The molecule has 10 heteroatoms. The van der Waals surface area contributed by atoms with Gasteiger partial charge in [-0.25, -0.2) is 5.43 Å². The number of rotatable bonds is 10. The van der Waals surface area contributed by atoms with Crippen molar-refractivity contribution in [1.82, 2.24) is 9.99 Å². The first-order valence-corrected chi connectivity index (χ1v) is 14.4. The van der Waals surface area contributed by atoms with Crippen LogP contribution in [0, 0.1) is 25.2 Å². The molecule has 0 aliphatic heterocycles. The van der Waals surface area contributed by atoms with Gasteiger partial charge in [-0.2, -0.15) is 10.4 Å². The zero-order chi connectivity index (χ0) is 30.3. The summed E-state index contributed by atoms with van der Waals surface area (Å²) in [5, 5.41) is 13.6. The third kappa shape index (κ3) is 7.17. The molecule has 5 aromatic rings. The van der Waals surface area contributed by atoms with Gasteiger partial charge in [0.15, 0.2) is 11.5 Å². The van der Waals surface area contributed by atoms with E-state index in [1.807, 2.05) is 36.4 Å². The number of nitrogens with one attached hydrogen (secondary N) is 1. The maximum atomic E-state index is 12.5. The van der Waals surface area contributed by atoms with Crippen LogP contribution in [0.2, 0.25) is 5.02 Å². The lowest BCUT2D eigenvalue weighted by atomic mass is 10.1. The van der Waals surface area contributed by atoms with E-state index in [1.54, 1.807) is 36.4 Å². The van der Waals surface area contributed by atoms with E-state index < -0.39 is 5.91 Å². The molecule has 8 nitrogen and oxygen atoms in total. The van der Waals surface area contributed by atoms with Gasteiger partial charge in [-0.15, -0.1) is 0 Å². The zero-order valence-electron chi connectivity index (χ0n) is 23.3. The summed E-state index contributed by atoms with van der Waals surface area (Å²) in [5.41, 5.74) is 7.74. The monoisotopic (exact) mass is 656 g/mol. The molecule has 0 radical (unpaired) electrons. The van der Waals surface area contributed by atoms with Gasteiger partial charge in [0.1, 0.15) is 24.7 Å². The van der Waals surface area contributed by atoms with Gasteiger partial charge in [-0.3, -0.25) is 4.79 Å². The Labute approximate surface area is 262 Å². The number of carbonyl (C=O) groups is 1. The van der Waals surface area contributed by atoms with Crippen LogP contribution < -0.4 is 14.9 Å². The lowest BCUT2D eigenvalue weighted by Crippen LogP contribution is -2.16. The third-order valence-electron chi connectivity index (χ3n) is 6.54. The third-order valence-corrected chi connectivity index (χ3v) is 7.41. The van der Waals surface area contributed by atoms with Crippen LogP contribution in [0.3, 0.4) is 0 Å². The largest absolute Gasteiger partial charge is 0.486 e. The molecule has 0 fully saturated rings. The second-order valence-electron chi connectivity index (χ2n) is 9.57. The summed E-state index contributed by atoms with van der Waals surface area (Å²) in [5.74, 6) is 1.21. The van der Waals surface area contributed by atoms with Gasteiger partial charge in [-0.05, 0) is 102 Å². The number of nitriles is 1. The first-order valence-electron chi connectivity index (χ1n) is 13.2. The molecule has 3 aromatic carbocycles. The number of halogens is 2. The van der Waals surface area contributed by atoms with E-state index in [9.17, 15) is 10.1 Å². The van der Waals surface area contributed by atoms with Crippen molar-refractivity contribution in [3.8, 4) is 23.3 Å². The molecule has 0 atom stereocenters. The fourth-order valence-electron chi connectivity index (χ4n) is 4.42. The molecule has 0 bridgehead atoms. The summed E-state index contributed by atoms with van der Waals surface area (Å²) in [7, 11) is 0. The number of aryl methyl sites for hydroxylation is 2. The lowest BCUT2D eigenvalue weighted by molar-refractivity contribution is 0.0923. The van der Waals surface area contributed by atoms with Crippen molar-refractivity contribution in [1.29, 1.82) is 5.26 Å². The Bertz CT molecular complexity index is 1790. The van der Waals surface area contributed by atoms with Gasteiger partial charge in [0.05, 0.1) is 27.3 Å². The van der Waals surface area contributed by atoms with E-state index in [0.717, 1.165) is 22.6 Å². The average Bonchev–Trinajstić information content (AvgIpc) is 3.62. The van der Waals surface area contributed by atoms with Crippen LogP contribution in [0.1, 0.15) is 44.4 Å². The predicted molar refractivity (Wildman–Crippen MR) is 168 cm³/mol. The molecule has 0 spiro atoms. The second kappa shape index (κ2) is 13.5. The van der Waals surface area contributed by atoms with Gasteiger partial charge >= 0.3 is 5.91 Å². The van der Waals surface area contributed by atoms with Crippen LogP contribution >= 0.6 is 27.5 Å². The Balaban J connectivity index is 1.13. The van der Waals surface area contributed by atoms with Crippen LogP contribution in [-0.4, -0.2) is 16.7 Å². The van der Waals surface area contributed by atoms with E-state index >= 15 is 0 Å². The van der Waals surface area contributed by atoms with Crippen LogP contribution in [0.25, 0.3) is 5.69 Å². The van der Waals surface area contributed by atoms with Crippen LogP contribution in [0.4, 0.5) is 0 Å². The summed E-state index contributed by atoms with van der Waals surface area (Å²) in [6.07, 6.45) is 1.46. The molecular weight excluding hydrogens is 632 g/mol. The maximum absolute atomic E-state index is 12.5. The van der Waals surface area contributed by atoms with Gasteiger partial charge in [0.25, 0.3) is 0 Å². The first kappa shape index (κ1) is 29.7. The van der Waals surface area contributed by atoms with Crippen molar-refractivity contribution in [3.05, 3.63) is 134 Å². The molecule has 0 saturated carbocycles. The first-order chi connectivity index (χ1) is 20.8. The fraction of sp³-hybridized carbons (Fsp3) is 0.121. The number of hydrogen-bond donors (Lipinski definition) is 1. The molecular formula is C33H26BrClN4O4. The summed E-state index contributed by atoms with van der Waals surface area (Å²) in [6, 6.07) is 28.0. The number of furan rings is 1. The minimum Gasteiger partial charge on any atom is -0.486 e. The molecule has 0 saturated heterocycles. The molecule has 1 amide bonds. The molecule has 5 rings (SSSR count). The minimum atomic E-state index is -0.509. The molecule has 0 aliphatic rings. The standard InChI is InChI=1S/C33H26BrClN4O4/c1-21-7-8-22(2)39(21)26-9-11-27(12-10-26)41-20-28-13-14-31(43-28)33(40)38-37-18-23-15-29(34)32(30(35)16-23)42-19-25-6-4-3-5-24(25)17-36/h3-16,18H,19-20H2,1-2H3,(H,38,40)/b37-18+. The van der Waals surface area contributed by atoms with Crippen LogP contribution in [0.5, 0.6) is 11.5 Å². The van der Waals surface area contributed by atoms with Gasteiger partial charge in [0.2, 0.25) is 0 Å². The quantitative estimate of drug-likeness (QED) is 0.122. The highest BCUT2D eigenvalue weighted by Crippen LogP contribution is 2.35. The van der Waals surface area contributed by atoms with Gasteiger partial charge in [0, 0.05) is 22.6 Å². The predicted octanol–water partition coefficient (Wildman–Crippen LogP) is 7.90. The van der Waals surface area contributed by atoms with Crippen molar-refractivity contribution in [3.63, 3.8) is 0 Å². The van der Waals surface area contributed by atoms with Crippen molar-refractivity contribution in [2.45, 2.75) is 27.1 Å². The number of nitrogens with zero attached hydrogens (tertiary/aromatic N) is 3. The summed E-state index contributed by atoms with van der Waals surface area (Å²) in [6.45, 7) is 4.48. The van der Waals surface area contributed by atoms with Crippen molar-refractivity contribution >= 4 is 39.7 Å². The van der Waals surface area contributed by atoms with E-state index in [-0.39, 0.29) is 19.0 Å². The van der Waals surface area contributed by atoms with Gasteiger partial charge in [-0.1, -0.05) is 29.8 Å². The lowest BCUT2D eigenvalue weighted by Gasteiger charge is -2.12.